The van der Waals surface area contributed by atoms with Gasteiger partial charge < -0.3 is 14.5 Å². The lowest BCUT2D eigenvalue weighted by molar-refractivity contribution is -0.384. The molecule has 0 aliphatic rings. The number of aromatic amines is 1. The molecule has 0 bridgehead atoms. The largest absolute Gasteiger partial charge is 0.465 e. The van der Waals surface area contributed by atoms with E-state index in [0.717, 1.165) is 22.7 Å². The molecule has 0 aliphatic carbocycles. The third-order valence-corrected chi connectivity index (χ3v) is 4.30. The van der Waals surface area contributed by atoms with Crippen LogP contribution in [0.25, 0.3) is 22.4 Å². The molecule has 0 spiro atoms. The molecule has 8 nitrogen and oxygen atoms in total. The standard InChI is InChI=1S/C21H15N3O5/c1-28-21(25)16-12-14(24(26)27)9-10-19(16)29-15-6-4-5-13(11-15)20-22-17-7-2-3-8-18(17)23-20/h2-12H,1H3,(H,22,23). The number of carbonyl (C=O) groups is 1. The van der Waals surface area contributed by atoms with Gasteiger partial charge in [-0.05, 0) is 30.3 Å². The van der Waals surface area contributed by atoms with Crippen molar-refractivity contribution in [3.8, 4) is 22.9 Å². The van der Waals surface area contributed by atoms with E-state index in [1.54, 1.807) is 18.2 Å². The summed E-state index contributed by atoms with van der Waals surface area (Å²) in [5.74, 6) is 0.553. The Hall–Kier alpha value is -4.20. The minimum Gasteiger partial charge on any atom is -0.465 e. The van der Waals surface area contributed by atoms with Crippen molar-refractivity contribution < 1.29 is 19.2 Å². The molecule has 0 saturated carbocycles. The second-order valence-electron chi connectivity index (χ2n) is 6.16. The van der Waals surface area contributed by atoms with Crippen molar-refractivity contribution in [2.45, 2.75) is 0 Å². The summed E-state index contributed by atoms with van der Waals surface area (Å²) in [5, 5.41) is 11.0. The molecule has 0 atom stereocenters. The minimum absolute atomic E-state index is 0.0316. The number of rotatable bonds is 5. The van der Waals surface area contributed by atoms with Crippen LogP contribution in [0.4, 0.5) is 5.69 Å². The van der Waals surface area contributed by atoms with Crippen LogP contribution in [0, 0.1) is 10.1 Å². The third-order valence-electron chi connectivity index (χ3n) is 4.30. The third kappa shape index (κ3) is 3.63. The Morgan fingerprint density at radius 3 is 2.66 bits per heavy atom. The van der Waals surface area contributed by atoms with E-state index >= 15 is 0 Å². The molecule has 0 amide bonds. The topological polar surface area (TPSA) is 107 Å². The minimum atomic E-state index is -0.725. The van der Waals surface area contributed by atoms with Crippen LogP contribution in [0.1, 0.15) is 10.4 Å². The smallest absolute Gasteiger partial charge is 0.341 e. The number of hydrogen-bond donors (Lipinski definition) is 1. The molecule has 144 valence electrons. The summed E-state index contributed by atoms with van der Waals surface area (Å²) in [4.78, 5) is 30.3. The summed E-state index contributed by atoms with van der Waals surface area (Å²) in [6, 6.07) is 18.6. The number of nitro groups is 1. The van der Waals surface area contributed by atoms with Crippen molar-refractivity contribution >= 4 is 22.7 Å². The lowest BCUT2D eigenvalue weighted by Crippen LogP contribution is -2.05. The molecule has 4 aromatic rings. The van der Waals surface area contributed by atoms with Crippen LogP contribution in [-0.4, -0.2) is 28.0 Å². The zero-order valence-corrected chi connectivity index (χ0v) is 15.3. The molecular formula is C21H15N3O5. The number of ether oxygens (including phenoxy) is 2. The van der Waals surface area contributed by atoms with E-state index in [1.165, 1.54) is 19.2 Å². The summed E-state index contributed by atoms with van der Waals surface area (Å²) in [6.07, 6.45) is 0. The summed E-state index contributed by atoms with van der Waals surface area (Å²) < 4.78 is 10.6. The van der Waals surface area contributed by atoms with Gasteiger partial charge in [0.2, 0.25) is 0 Å². The Balaban J connectivity index is 1.69. The number of methoxy groups -OCH3 is 1. The Bertz CT molecular complexity index is 1200. The first-order chi connectivity index (χ1) is 14.0. The van der Waals surface area contributed by atoms with Gasteiger partial charge >= 0.3 is 5.97 Å². The van der Waals surface area contributed by atoms with E-state index in [1.807, 2.05) is 30.3 Å². The molecule has 8 heteroatoms. The highest BCUT2D eigenvalue weighted by molar-refractivity contribution is 5.93. The fourth-order valence-corrected chi connectivity index (χ4v) is 2.91. The molecule has 0 fully saturated rings. The highest BCUT2D eigenvalue weighted by Crippen LogP contribution is 2.31. The number of para-hydroxylation sites is 2. The lowest BCUT2D eigenvalue weighted by Gasteiger charge is -2.10. The molecule has 0 unspecified atom stereocenters. The highest BCUT2D eigenvalue weighted by Gasteiger charge is 2.19. The van der Waals surface area contributed by atoms with Crippen LogP contribution in [0.15, 0.2) is 66.7 Å². The van der Waals surface area contributed by atoms with Crippen LogP contribution >= 0.6 is 0 Å². The lowest BCUT2D eigenvalue weighted by atomic mass is 10.1. The average molecular weight is 389 g/mol. The SMILES string of the molecule is COC(=O)c1cc([N+](=O)[O-])ccc1Oc1cccc(-c2nc3ccccc3[nH]2)c1. The van der Waals surface area contributed by atoms with Gasteiger partial charge in [0, 0.05) is 17.7 Å². The van der Waals surface area contributed by atoms with Gasteiger partial charge in [-0.3, -0.25) is 10.1 Å². The normalized spacial score (nSPS) is 10.7. The predicted molar refractivity (Wildman–Crippen MR) is 106 cm³/mol. The zero-order valence-electron chi connectivity index (χ0n) is 15.3. The van der Waals surface area contributed by atoms with Gasteiger partial charge in [0.15, 0.2) is 0 Å². The van der Waals surface area contributed by atoms with Crippen molar-refractivity contribution in [2.24, 2.45) is 0 Å². The molecule has 29 heavy (non-hydrogen) atoms. The van der Waals surface area contributed by atoms with E-state index in [9.17, 15) is 14.9 Å². The second-order valence-corrected chi connectivity index (χ2v) is 6.16. The average Bonchev–Trinajstić information content (AvgIpc) is 3.18. The quantitative estimate of drug-likeness (QED) is 0.301. The first-order valence-corrected chi connectivity index (χ1v) is 8.65. The van der Waals surface area contributed by atoms with Gasteiger partial charge in [-0.1, -0.05) is 24.3 Å². The van der Waals surface area contributed by atoms with Crippen LogP contribution in [0.5, 0.6) is 11.5 Å². The van der Waals surface area contributed by atoms with Gasteiger partial charge in [0.25, 0.3) is 5.69 Å². The van der Waals surface area contributed by atoms with Gasteiger partial charge in [-0.2, -0.15) is 0 Å². The van der Waals surface area contributed by atoms with Crippen molar-refractivity contribution in [3.63, 3.8) is 0 Å². The van der Waals surface area contributed by atoms with Crippen LogP contribution in [0.2, 0.25) is 0 Å². The fraction of sp³-hybridized carbons (Fsp3) is 0.0476. The first kappa shape index (κ1) is 18.2. The number of esters is 1. The van der Waals surface area contributed by atoms with E-state index in [0.29, 0.717) is 11.6 Å². The number of carbonyl (C=O) groups excluding carboxylic acids is 1. The summed E-state index contributed by atoms with van der Waals surface area (Å²) in [5.41, 5.74) is 2.29. The second kappa shape index (κ2) is 7.43. The van der Waals surface area contributed by atoms with Crippen LogP contribution in [-0.2, 0) is 4.74 Å². The Kier molecular flexibility index (Phi) is 4.66. The van der Waals surface area contributed by atoms with Gasteiger partial charge in [-0.15, -0.1) is 0 Å². The van der Waals surface area contributed by atoms with Gasteiger partial charge in [0.05, 0.1) is 23.1 Å². The molecule has 3 aromatic carbocycles. The maximum atomic E-state index is 12.0. The number of hydrogen-bond acceptors (Lipinski definition) is 6. The number of benzene rings is 3. The molecule has 0 radical (unpaired) electrons. The number of nitro benzene ring substituents is 1. The molecule has 4 rings (SSSR count). The van der Waals surface area contributed by atoms with E-state index < -0.39 is 10.9 Å². The monoisotopic (exact) mass is 389 g/mol. The Labute approximate surface area is 164 Å². The summed E-state index contributed by atoms with van der Waals surface area (Å²) >= 11 is 0. The Morgan fingerprint density at radius 1 is 1.07 bits per heavy atom. The van der Waals surface area contributed by atoms with E-state index in [2.05, 4.69) is 9.97 Å². The van der Waals surface area contributed by atoms with Crippen molar-refractivity contribution in [3.05, 3.63) is 82.4 Å². The molecular weight excluding hydrogens is 374 g/mol. The summed E-state index contributed by atoms with van der Waals surface area (Å²) in [7, 11) is 1.20. The number of aromatic nitrogens is 2. The Morgan fingerprint density at radius 2 is 1.90 bits per heavy atom. The first-order valence-electron chi connectivity index (χ1n) is 8.65. The molecule has 1 N–H and O–H groups in total. The van der Waals surface area contributed by atoms with Gasteiger partial charge in [0.1, 0.15) is 22.9 Å². The van der Waals surface area contributed by atoms with Gasteiger partial charge in [-0.25, -0.2) is 9.78 Å². The molecule has 1 aromatic heterocycles. The molecule has 0 saturated heterocycles. The predicted octanol–water partition coefficient (Wildman–Crippen LogP) is 4.72. The van der Waals surface area contributed by atoms with Crippen molar-refractivity contribution in [2.75, 3.05) is 7.11 Å². The number of H-pyrrole nitrogens is 1. The number of nitrogens with one attached hydrogen (secondary N) is 1. The number of non-ortho nitro benzene ring substituents is 1. The van der Waals surface area contributed by atoms with Crippen LogP contribution in [0.3, 0.4) is 0 Å². The summed E-state index contributed by atoms with van der Waals surface area (Å²) in [6.45, 7) is 0. The van der Waals surface area contributed by atoms with E-state index in [-0.39, 0.29) is 17.0 Å². The van der Waals surface area contributed by atoms with Crippen molar-refractivity contribution in [1.82, 2.24) is 9.97 Å². The maximum Gasteiger partial charge on any atom is 0.341 e. The number of nitrogens with zero attached hydrogens (tertiary/aromatic N) is 2. The van der Waals surface area contributed by atoms with E-state index in [4.69, 9.17) is 9.47 Å². The number of fused-ring (bicyclic) bond motifs is 1. The van der Waals surface area contributed by atoms with Crippen molar-refractivity contribution in [1.29, 1.82) is 0 Å². The van der Waals surface area contributed by atoms with Crippen LogP contribution < -0.4 is 4.74 Å². The fourth-order valence-electron chi connectivity index (χ4n) is 2.91. The molecule has 0 aliphatic heterocycles. The molecule has 1 heterocycles. The zero-order chi connectivity index (χ0) is 20.4. The maximum absolute atomic E-state index is 12.0. The highest BCUT2D eigenvalue weighted by atomic mass is 16.6. The number of imidazole rings is 1.